The van der Waals surface area contributed by atoms with Crippen LogP contribution in [0.1, 0.15) is 17.8 Å². The van der Waals surface area contributed by atoms with Gasteiger partial charge in [0.2, 0.25) is 15.9 Å². The summed E-state index contributed by atoms with van der Waals surface area (Å²) >= 11 is 0. The molecule has 1 saturated heterocycles. The van der Waals surface area contributed by atoms with Crippen molar-refractivity contribution in [1.29, 1.82) is 0 Å². The van der Waals surface area contributed by atoms with Crippen molar-refractivity contribution in [3.8, 4) is 11.1 Å². The molecule has 1 fully saturated rings. The highest BCUT2D eigenvalue weighted by Gasteiger charge is 2.44. The number of alkyl halides is 4. The number of aromatic nitrogens is 2. The molecule has 0 unspecified atom stereocenters. The van der Waals surface area contributed by atoms with E-state index in [2.05, 4.69) is 15.3 Å². The van der Waals surface area contributed by atoms with Crippen LogP contribution in [0.2, 0.25) is 0 Å². The molecule has 0 spiro atoms. The highest BCUT2D eigenvalue weighted by atomic mass is 32.2. The van der Waals surface area contributed by atoms with Crippen molar-refractivity contribution in [2.24, 2.45) is 0 Å². The summed E-state index contributed by atoms with van der Waals surface area (Å²) in [7, 11) is -4.35. The molecule has 7 nitrogen and oxygen atoms in total. The molecule has 1 aliphatic rings. The third kappa shape index (κ3) is 5.62. The second kappa shape index (κ2) is 10.3. The highest BCUT2D eigenvalue weighted by Crippen LogP contribution is 2.32. The molecule has 1 N–H and O–H groups in total. The first-order valence-electron chi connectivity index (χ1n) is 10.8. The van der Waals surface area contributed by atoms with Gasteiger partial charge >= 0.3 is 6.18 Å². The van der Waals surface area contributed by atoms with E-state index in [-0.39, 0.29) is 21.7 Å². The third-order valence-corrected chi connectivity index (χ3v) is 7.59. The van der Waals surface area contributed by atoms with Crippen LogP contribution in [0.4, 0.5) is 30.7 Å². The molecule has 38 heavy (non-hydrogen) atoms. The SMILES string of the molecule is O=C(NCc1cc(-c2cnc(C(F)(F)F)c(F)c2)c(F)cn1)[C@@H]1C[C@@H](F)CN1S(=O)(=O)c1ccc(F)cc1. The fourth-order valence-electron chi connectivity index (χ4n) is 3.89. The van der Waals surface area contributed by atoms with Crippen LogP contribution in [-0.2, 0) is 27.5 Å². The second-order valence-corrected chi connectivity index (χ2v) is 10.2. The summed E-state index contributed by atoms with van der Waals surface area (Å²) in [6, 6.07) is 3.81. The second-order valence-electron chi connectivity index (χ2n) is 8.30. The number of pyridine rings is 2. The minimum absolute atomic E-state index is 0.0159. The van der Waals surface area contributed by atoms with Crippen molar-refractivity contribution < 1.29 is 43.9 Å². The molecule has 2 aromatic heterocycles. The number of rotatable bonds is 6. The van der Waals surface area contributed by atoms with Gasteiger partial charge in [-0.05, 0) is 36.4 Å². The molecule has 3 aromatic rings. The van der Waals surface area contributed by atoms with Crippen LogP contribution in [0.5, 0.6) is 0 Å². The van der Waals surface area contributed by atoms with Gasteiger partial charge in [0.25, 0.3) is 0 Å². The normalized spacial score (nSPS) is 18.5. The number of carbonyl (C=O) groups excluding carboxylic acids is 1. The largest absolute Gasteiger partial charge is 0.436 e. The lowest BCUT2D eigenvalue weighted by Crippen LogP contribution is -2.45. The van der Waals surface area contributed by atoms with E-state index in [0.717, 1.165) is 30.3 Å². The average Bonchev–Trinajstić information content (AvgIpc) is 3.25. The lowest BCUT2D eigenvalue weighted by Gasteiger charge is -2.23. The number of carbonyl (C=O) groups is 1. The fraction of sp³-hybridized carbons (Fsp3) is 0.261. The van der Waals surface area contributed by atoms with Crippen molar-refractivity contribution in [1.82, 2.24) is 19.6 Å². The molecule has 1 amide bonds. The molecule has 15 heteroatoms. The topological polar surface area (TPSA) is 92.3 Å². The maximum atomic E-state index is 14.3. The molecule has 0 radical (unpaired) electrons. The van der Waals surface area contributed by atoms with Crippen molar-refractivity contribution >= 4 is 15.9 Å². The summed E-state index contributed by atoms with van der Waals surface area (Å²) in [5, 5.41) is 2.37. The number of amides is 1. The molecule has 1 aromatic carbocycles. The monoisotopic (exact) mass is 562 g/mol. The summed E-state index contributed by atoms with van der Waals surface area (Å²) in [6.45, 7) is -1.01. The van der Waals surface area contributed by atoms with E-state index >= 15 is 0 Å². The maximum absolute atomic E-state index is 14.3. The summed E-state index contributed by atoms with van der Waals surface area (Å²) in [6.07, 6.45) is -5.83. The summed E-state index contributed by atoms with van der Waals surface area (Å²) in [5.41, 5.74) is -2.46. The smallest absolute Gasteiger partial charge is 0.349 e. The third-order valence-electron chi connectivity index (χ3n) is 5.70. The predicted molar refractivity (Wildman–Crippen MR) is 118 cm³/mol. The van der Waals surface area contributed by atoms with E-state index in [1.54, 1.807) is 0 Å². The van der Waals surface area contributed by atoms with Crippen LogP contribution in [0.15, 0.2) is 53.7 Å². The summed E-state index contributed by atoms with van der Waals surface area (Å²) < 4.78 is 120. The molecule has 202 valence electrons. The zero-order valence-electron chi connectivity index (χ0n) is 19.0. The quantitative estimate of drug-likeness (QED) is 0.459. The van der Waals surface area contributed by atoms with Gasteiger partial charge in [0, 0.05) is 30.3 Å². The van der Waals surface area contributed by atoms with Gasteiger partial charge in [0.1, 0.15) is 23.8 Å². The van der Waals surface area contributed by atoms with E-state index in [9.17, 15) is 43.9 Å². The average molecular weight is 562 g/mol. The van der Waals surface area contributed by atoms with Crippen molar-refractivity contribution in [2.45, 2.75) is 36.3 Å². The molecular weight excluding hydrogens is 545 g/mol. The molecule has 2 atom stereocenters. The zero-order valence-corrected chi connectivity index (χ0v) is 19.8. The lowest BCUT2D eigenvalue weighted by atomic mass is 10.1. The Morgan fingerprint density at radius 3 is 2.34 bits per heavy atom. The molecule has 0 saturated carbocycles. The molecule has 0 aliphatic carbocycles. The van der Waals surface area contributed by atoms with Crippen LogP contribution < -0.4 is 5.32 Å². The number of hydrogen-bond donors (Lipinski definition) is 1. The van der Waals surface area contributed by atoms with Gasteiger partial charge in [-0.15, -0.1) is 0 Å². The van der Waals surface area contributed by atoms with E-state index < -0.39 is 77.0 Å². The Bertz CT molecular complexity index is 1470. The minimum atomic E-state index is -5.05. The molecule has 3 heterocycles. The first kappa shape index (κ1) is 27.4. The fourth-order valence-corrected chi connectivity index (χ4v) is 5.52. The van der Waals surface area contributed by atoms with Gasteiger partial charge in [-0.1, -0.05) is 0 Å². The van der Waals surface area contributed by atoms with Crippen LogP contribution in [-0.4, -0.2) is 47.4 Å². The van der Waals surface area contributed by atoms with Crippen molar-refractivity contribution in [2.75, 3.05) is 6.54 Å². The first-order valence-corrected chi connectivity index (χ1v) is 12.3. The molecule has 0 bridgehead atoms. The van der Waals surface area contributed by atoms with Crippen LogP contribution in [0.3, 0.4) is 0 Å². The van der Waals surface area contributed by atoms with Gasteiger partial charge in [0.05, 0.1) is 23.3 Å². The zero-order chi connectivity index (χ0) is 27.8. The van der Waals surface area contributed by atoms with Gasteiger partial charge in [-0.3, -0.25) is 9.78 Å². The molecule has 4 rings (SSSR count). The predicted octanol–water partition coefficient (Wildman–Crippen LogP) is 4.00. The molecule has 1 aliphatic heterocycles. The number of benzene rings is 1. The lowest BCUT2D eigenvalue weighted by molar-refractivity contribution is -0.143. The highest BCUT2D eigenvalue weighted by molar-refractivity contribution is 7.89. The van der Waals surface area contributed by atoms with Crippen molar-refractivity contribution in [3.63, 3.8) is 0 Å². The number of halogens is 7. The molecular formula is C23H17F7N4O3S. The Balaban J connectivity index is 1.52. The number of nitrogens with zero attached hydrogens (tertiary/aromatic N) is 3. The van der Waals surface area contributed by atoms with E-state index in [0.29, 0.717) is 22.8 Å². The van der Waals surface area contributed by atoms with Crippen LogP contribution in [0.25, 0.3) is 11.1 Å². The number of hydrogen-bond acceptors (Lipinski definition) is 5. The van der Waals surface area contributed by atoms with E-state index in [1.165, 1.54) is 0 Å². The summed E-state index contributed by atoms with van der Waals surface area (Å²) in [5.74, 6) is -4.31. The Kier molecular flexibility index (Phi) is 7.43. The van der Waals surface area contributed by atoms with E-state index in [1.807, 2.05) is 0 Å². The van der Waals surface area contributed by atoms with Crippen LogP contribution in [0, 0.1) is 17.5 Å². The first-order chi connectivity index (χ1) is 17.8. The maximum Gasteiger partial charge on any atom is 0.436 e. The standard InChI is InChI=1S/C23H17F7N4O3S/c24-13-1-3-16(4-2-13)38(36,37)34-11-14(25)6-20(34)22(35)33-9-15-7-17(19(27)10-31-15)12-5-18(26)21(32-8-12)23(28,29)30/h1-5,7-8,10,14,20H,6,9,11H2,(H,33,35)/t14-,20+/m1/s1. The van der Waals surface area contributed by atoms with Gasteiger partial charge in [0.15, 0.2) is 11.5 Å². The van der Waals surface area contributed by atoms with Gasteiger partial charge in [-0.2, -0.15) is 17.5 Å². The number of sulfonamides is 1. The Hall–Kier alpha value is -3.59. The Morgan fingerprint density at radius 2 is 1.71 bits per heavy atom. The van der Waals surface area contributed by atoms with Crippen molar-refractivity contribution in [3.05, 3.63) is 77.6 Å². The van der Waals surface area contributed by atoms with Gasteiger partial charge < -0.3 is 5.32 Å². The summed E-state index contributed by atoms with van der Waals surface area (Å²) in [4.78, 5) is 19.2. The Morgan fingerprint density at radius 1 is 1.03 bits per heavy atom. The van der Waals surface area contributed by atoms with E-state index in [4.69, 9.17) is 0 Å². The number of nitrogens with one attached hydrogen (secondary N) is 1. The van der Waals surface area contributed by atoms with Gasteiger partial charge in [-0.25, -0.2) is 31.0 Å². The van der Waals surface area contributed by atoms with Crippen LogP contribution >= 0.6 is 0 Å². The minimum Gasteiger partial charge on any atom is -0.349 e. The Labute approximate surface area is 211 Å².